The number of anilines is 1. The van der Waals surface area contributed by atoms with E-state index in [-0.39, 0.29) is 6.04 Å². The molecule has 21 heavy (non-hydrogen) atoms. The van der Waals surface area contributed by atoms with Crippen LogP contribution in [0.3, 0.4) is 0 Å². The molecule has 0 amide bonds. The molecule has 0 aromatic heterocycles. The molecule has 0 bridgehead atoms. The first-order valence-corrected chi connectivity index (χ1v) is 8.02. The predicted octanol–water partition coefficient (Wildman–Crippen LogP) is 4.51. The molecule has 1 aliphatic heterocycles. The molecular formula is C15H18BrF3N2. The molecule has 1 aromatic rings. The molecule has 1 saturated heterocycles. The van der Waals surface area contributed by atoms with Crippen LogP contribution in [0.5, 0.6) is 0 Å². The molecule has 2 nitrogen and oxygen atoms in total. The molecule has 1 aromatic carbocycles. The number of rotatable bonds is 3. The van der Waals surface area contributed by atoms with Gasteiger partial charge in [0.1, 0.15) is 0 Å². The third kappa shape index (κ3) is 3.54. The van der Waals surface area contributed by atoms with Gasteiger partial charge in [-0.25, -0.2) is 0 Å². The van der Waals surface area contributed by atoms with E-state index in [1.807, 2.05) is 0 Å². The van der Waals surface area contributed by atoms with Crippen molar-refractivity contribution in [3.8, 4) is 0 Å². The van der Waals surface area contributed by atoms with E-state index in [9.17, 15) is 13.2 Å². The number of alkyl halides is 3. The predicted molar refractivity (Wildman–Crippen MR) is 80.4 cm³/mol. The molecule has 2 unspecified atom stereocenters. The van der Waals surface area contributed by atoms with Crippen LogP contribution in [0.2, 0.25) is 0 Å². The maximum absolute atomic E-state index is 12.8. The van der Waals surface area contributed by atoms with Gasteiger partial charge in [-0.1, -0.05) is 15.9 Å². The van der Waals surface area contributed by atoms with Crippen molar-refractivity contribution in [1.29, 1.82) is 0 Å². The standard InChI is InChI=1S/C15H18BrF3N2/c1-9-4-13(8-21(9)14-2-3-14)20-12-6-10(15(17,18)19)5-11(16)7-12/h5-7,9,13-14,20H,2-4,8H2,1H3. The molecule has 6 heteroatoms. The largest absolute Gasteiger partial charge is 0.416 e. The molecule has 2 aliphatic rings. The molecule has 2 fully saturated rings. The maximum Gasteiger partial charge on any atom is 0.416 e. The molecule has 116 valence electrons. The lowest BCUT2D eigenvalue weighted by atomic mass is 10.1. The second kappa shape index (κ2) is 5.47. The number of halogens is 4. The normalized spacial score (nSPS) is 27.1. The van der Waals surface area contributed by atoms with Crippen LogP contribution in [-0.4, -0.2) is 29.6 Å². The van der Waals surface area contributed by atoms with E-state index in [0.29, 0.717) is 22.2 Å². The van der Waals surface area contributed by atoms with Crippen LogP contribution in [0.25, 0.3) is 0 Å². The van der Waals surface area contributed by atoms with Gasteiger partial charge in [0.05, 0.1) is 5.56 Å². The zero-order chi connectivity index (χ0) is 15.2. The van der Waals surface area contributed by atoms with E-state index in [2.05, 4.69) is 33.1 Å². The Morgan fingerprint density at radius 1 is 1.24 bits per heavy atom. The second-order valence-corrected chi connectivity index (χ2v) is 7.00. The van der Waals surface area contributed by atoms with Gasteiger partial charge in [0.2, 0.25) is 0 Å². The van der Waals surface area contributed by atoms with Crippen molar-refractivity contribution in [2.75, 3.05) is 11.9 Å². The number of hydrogen-bond acceptors (Lipinski definition) is 2. The van der Waals surface area contributed by atoms with E-state index < -0.39 is 11.7 Å². The molecule has 1 N–H and O–H groups in total. The van der Waals surface area contributed by atoms with E-state index in [4.69, 9.17) is 0 Å². The summed E-state index contributed by atoms with van der Waals surface area (Å²) in [5.74, 6) is 0. The highest BCUT2D eigenvalue weighted by Gasteiger charge is 2.39. The second-order valence-electron chi connectivity index (χ2n) is 6.08. The Bertz CT molecular complexity index is 528. The van der Waals surface area contributed by atoms with Crippen LogP contribution < -0.4 is 5.32 Å². The van der Waals surface area contributed by atoms with Crippen LogP contribution in [0.4, 0.5) is 18.9 Å². The van der Waals surface area contributed by atoms with Crippen LogP contribution in [0, 0.1) is 0 Å². The fraction of sp³-hybridized carbons (Fsp3) is 0.600. The zero-order valence-corrected chi connectivity index (χ0v) is 13.3. The van der Waals surface area contributed by atoms with Crippen LogP contribution in [0.15, 0.2) is 22.7 Å². The molecular weight excluding hydrogens is 345 g/mol. The van der Waals surface area contributed by atoms with Crippen molar-refractivity contribution in [2.45, 2.75) is 50.5 Å². The molecule has 1 aliphatic carbocycles. The monoisotopic (exact) mass is 362 g/mol. The van der Waals surface area contributed by atoms with E-state index >= 15 is 0 Å². The Kier molecular flexibility index (Phi) is 3.94. The van der Waals surface area contributed by atoms with E-state index in [0.717, 1.165) is 19.0 Å². The highest BCUT2D eigenvalue weighted by molar-refractivity contribution is 9.10. The van der Waals surface area contributed by atoms with Gasteiger partial charge in [0.25, 0.3) is 0 Å². The van der Waals surface area contributed by atoms with Crippen molar-refractivity contribution < 1.29 is 13.2 Å². The smallest absolute Gasteiger partial charge is 0.381 e. The van der Waals surface area contributed by atoms with Crippen LogP contribution in [0.1, 0.15) is 31.7 Å². The van der Waals surface area contributed by atoms with Gasteiger partial charge < -0.3 is 5.32 Å². The molecule has 3 rings (SSSR count). The minimum atomic E-state index is -4.32. The highest BCUT2D eigenvalue weighted by atomic mass is 79.9. The minimum Gasteiger partial charge on any atom is -0.381 e. The van der Waals surface area contributed by atoms with E-state index in [1.54, 1.807) is 6.07 Å². The summed E-state index contributed by atoms with van der Waals surface area (Å²) in [7, 11) is 0. The molecule has 1 saturated carbocycles. The first-order valence-electron chi connectivity index (χ1n) is 7.23. The van der Waals surface area contributed by atoms with E-state index in [1.165, 1.54) is 18.9 Å². The summed E-state index contributed by atoms with van der Waals surface area (Å²) in [5, 5.41) is 3.27. The number of nitrogens with one attached hydrogen (secondary N) is 1. The summed E-state index contributed by atoms with van der Waals surface area (Å²) in [6.07, 6.45) is -0.827. The lowest BCUT2D eigenvalue weighted by molar-refractivity contribution is -0.137. The molecule has 1 heterocycles. The Hall–Kier alpha value is -0.750. The van der Waals surface area contributed by atoms with Crippen LogP contribution in [-0.2, 0) is 6.18 Å². The first-order chi connectivity index (χ1) is 9.83. The number of hydrogen-bond donors (Lipinski definition) is 1. The molecule has 0 radical (unpaired) electrons. The Balaban J connectivity index is 1.72. The SMILES string of the molecule is CC1CC(Nc2cc(Br)cc(C(F)(F)F)c2)CN1C1CC1. The lowest BCUT2D eigenvalue weighted by Gasteiger charge is -2.20. The van der Waals surface area contributed by atoms with Crippen molar-refractivity contribution in [2.24, 2.45) is 0 Å². The lowest BCUT2D eigenvalue weighted by Crippen LogP contribution is -2.31. The topological polar surface area (TPSA) is 15.3 Å². The van der Waals surface area contributed by atoms with Crippen molar-refractivity contribution in [3.63, 3.8) is 0 Å². The average molecular weight is 363 g/mol. The average Bonchev–Trinajstić information content (AvgIpc) is 3.13. The first kappa shape index (κ1) is 15.2. The Morgan fingerprint density at radius 3 is 2.57 bits per heavy atom. The van der Waals surface area contributed by atoms with Gasteiger partial charge in [-0.15, -0.1) is 0 Å². The maximum atomic E-state index is 12.8. The Morgan fingerprint density at radius 2 is 1.95 bits per heavy atom. The fourth-order valence-corrected chi connectivity index (χ4v) is 3.64. The van der Waals surface area contributed by atoms with Crippen molar-refractivity contribution in [1.82, 2.24) is 4.90 Å². The summed E-state index contributed by atoms with van der Waals surface area (Å²) in [6, 6.07) is 5.42. The van der Waals surface area contributed by atoms with Crippen molar-refractivity contribution >= 4 is 21.6 Å². The number of nitrogens with zero attached hydrogens (tertiary/aromatic N) is 1. The summed E-state index contributed by atoms with van der Waals surface area (Å²) in [6.45, 7) is 3.11. The fourth-order valence-electron chi connectivity index (χ4n) is 3.15. The third-order valence-electron chi connectivity index (χ3n) is 4.23. The van der Waals surface area contributed by atoms with Gasteiger partial charge in [-0.2, -0.15) is 13.2 Å². The van der Waals surface area contributed by atoms with Crippen LogP contribution >= 0.6 is 15.9 Å². The highest BCUT2D eigenvalue weighted by Crippen LogP contribution is 2.36. The molecule has 2 atom stereocenters. The minimum absolute atomic E-state index is 0.219. The van der Waals surface area contributed by atoms with Gasteiger partial charge in [0, 0.05) is 34.8 Å². The summed E-state index contributed by atoms with van der Waals surface area (Å²) in [5.41, 5.74) is -0.0870. The quantitative estimate of drug-likeness (QED) is 0.851. The van der Waals surface area contributed by atoms with Gasteiger partial charge in [-0.05, 0) is 44.4 Å². The number of likely N-dealkylation sites (tertiary alicyclic amines) is 1. The summed E-state index contributed by atoms with van der Waals surface area (Å²) < 4.78 is 39.0. The van der Waals surface area contributed by atoms with Gasteiger partial charge >= 0.3 is 6.18 Å². The van der Waals surface area contributed by atoms with Crippen molar-refractivity contribution in [3.05, 3.63) is 28.2 Å². The number of benzene rings is 1. The zero-order valence-electron chi connectivity index (χ0n) is 11.8. The Labute approximate surface area is 130 Å². The summed E-state index contributed by atoms with van der Waals surface area (Å²) in [4.78, 5) is 2.47. The van der Waals surface area contributed by atoms with Gasteiger partial charge in [-0.3, -0.25) is 4.90 Å². The van der Waals surface area contributed by atoms with Gasteiger partial charge in [0.15, 0.2) is 0 Å². The third-order valence-corrected chi connectivity index (χ3v) is 4.69. The molecule has 0 spiro atoms. The summed E-state index contributed by atoms with van der Waals surface area (Å²) >= 11 is 3.16.